The molecular weight excluding hydrogens is 228 g/mol. The summed E-state index contributed by atoms with van der Waals surface area (Å²) in [7, 11) is 0. The molecule has 1 saturated heterocycles. The van der Waals surface area contributed by atoms with Crippen LogP contribution >= 0.6 is 0 Å². The highest BCUT2D eigenvalue weighted by molar-refractivity contribution is 5.52. The van der Waals surface area contributed by atoms with Crippen molar-refractivity contribution in [2.75, 3.05) is 18.0 Å². The first-order chi connectivity index (χ1) is 8.78. The average Bonchev–Trinajstić information content (AvgIpc) is 3.22. The summed E-state index contributed by atoms with van der Waals surface area (Å²) in [5.41, 5.74) is 0.543. The van der Waals surface area contributed by atoms with Gasteiger partial charge in [0.1, 0.15) is 23.8 Å². The Morgan fingerprint density at radius 3 is 3.00 bits per heavy atom. The Morgan fingerprint density at radius 2 is 2.28 bits per heavy atom. The molecule has 1 aromatic rings. The van der Waals surface area contributed by atoms with E-state index in [1.54, 1.807) is 6.20 Å². The van der Waals surface area contributed by atoms with E-state index in [0.717, 1.165) is 18.9 Å². The smallest absolute Gasteiger partial charge is 0.150 e. The molecule has 3 rings (SSSR count). The number of ether oxygens (including phenoxy) is 1. The Hall–Kier alpha value is -1.67. The fraction of sp³-hybridized carbons (Fsp3) is 0.615. The van der Waals surface area contributed by atoms with Crippen LogP contribution in [-0.4, -0.2) is 35.3 Å². The third kappa shape index (κ3) is 2.16. The maximum absolute atomic E-state index is 9.11. The summed E-state index contributed by atoms with van der Waals surface area (Å²) in [6.07, 6.45) is 6.08. The molecule has 2 fully saturated rings. The van der Waals surface area contributed by atoms with Crippen molar-refractivity contribution in [3.8, 4) is 6.07 Å². The molecule has 0 aromatic carbocycles. The third-order valence-electron chi connectivity index (χ3n) is 3.54. The van der Waals surface area contributed by atoms with Crippen molar-refractivity contribution in [2.24, 2.45) is 5.92 Å². The van der Waals surface area contributed by atoms with Crippen LogP contribution in [0.4, 0.5) is 5.82 Å². The van der Waals surface area contributed by atoms with Crippen molar-refractivity contribution in [2.45, 2.75) is 32.0 Å². The van der Waals surface area contributed by atoms with Gasteiger partial charge in [-0.2, -0.15) is 5.26 Å². The van der Waals surface area contributed by atoms with Crippen LogP contribution < -0.4 is 4.90 Å². The topological polar surface area (TPSA) is 62.0 Å². The molecule has 0 amide bonds. The van der Waals surface area contributed by atoms with Crippen LogP contribution in [0, 0.1) is 17.2 Å². The average molecular weight is 244 g/mol. The number of anilines is 1. The molecule has 1 aliphatic carbocycles. The Balaban J connectivity index is 1.84. The summed E-state index contributed by atoms with van der Waals surface area (Å²) in [6.45, 7) is 3.70. The SMILES string of the molecule is C[C@H]1CN(c2ncncc2C#N)C[C@H](C2CC2)O1. The second-order valence-electron chi connectivity index (χ2n) is 5.10. The molecule has 0 unspecified atom stereocenters. The fourth-order valence-corrected chi connectivity index (χ4v) is 2.54. The van der Waals surface area contributed by atoms with Gasteiger partial charge in [0.2, 0.25) is 0 Å². The van der Waals surface area contributed by atoms with Crippen molar-refractivity contribution < 1.29 is 4.74 Å². The highest BCUT2D eigenvalue weighted by Gasteiger charge is 2.38. The van der Waals surface area contributed by atoms with Crippen molar-refractivity contribution in [1.29, 1.82) is 5.26 Å². The summed E-state index contributed by atoms with van der Waals surface area (Å²) in [6, 6.07) is 2.16. The lowest BCUT2D eigenvalue weighted by Crippen LogP contribution is -2.48. The molecule has 0 radical (unpaired) electrons. The molecule has 2 atom stereocenters. The van der Waals surface area contributed by atoms with Crippen LogP contribution in [0.3, 0.4) is 0 Å². The van der Waals surface area contributed by atoms with Gasteiger partial charge in [-0.15, -0.1) is 0 Å². The summed E-state index contributed by atoms with van der Waals surface area (Å²) in [5, 5.41) is 9.11. The molecule has 18 heavy (non-hydrogen) atoms. The third-order valence-corrected chi connectivity index (χ3v) is 3.54. The minimum absolute atomic E-state index is 0.186. The Labute approximate surface area is 106 Å². The van der Waals surface area contributed by atoms with Crippen LogP contribution in [0.15, 0.2) is 12.5 Å². The van der Waals surface area contributed by atoms with Gasteiger partial charge in [0.15, 0.2) is 0 Å². The van der Waals surface area contributed by atoms with Gasteiger partial charge in [-0.05, 0) is 25.7 Å². The number of nitriles is 1. The van der Waals surface area contributed by atoms with Crippen LogP contribution in [0.2, 0.25) is 0 Å². The predicted octanol–water partition coefficient (Wildman–Crippen LogP) is 1.35. The van der Waals surface area contributed by atoms with Crippen LogP contribution in [-0.2, 0) is 4.74 Å². The van der Waals surface area contributed by atoms with Gasteiger partial charge in [-0.1, -0.05) is 0 Å². The van der Waals surface area contributed by atoms with Crippen molar-refractivity contribution in [3.63, 3.8) is 0 Å². The van der Waals surface area contributed by atoms with Gasteiger partial charge >= 0.3 is 0 Å². The molecule has 1 aliphatic heterocycles. The van der Waals surface area contributed by atoms with Crippen molar-refractivity contribution in [1.82, 2.24) is 9.97 Å². The number of hydrogen-bond acceptors (Lipinski definition) is 5. The van der Waals surface area contributed by atoms with E-state index in [-0.39, 0.29) is 12.2 Å². The maximum atomic E-state index is 9.11. The molecular formula is C13H16N4O. The summed E-state index contributed by atoms with van der Waals surface area (Å²) in [4.78, 5) is 10.3. The standard InChI is InChI=1S/C13H16N4O/c1-9-6-17(7-12(18-9)10-2-3-10)13-11(4-14)5-15-8-16-13/h5,8-10,12H,2-3,6-7H2,1H3/t9-,12+/m0/s1. The molecule has 2 aliphatic rings. The van der Waals surface area contributed by atoms with Crippen LogP contribution in [0.1, 0.15) is 25.3 Å². The number of rotatable bonds is 2. The fourth-order valence-electron chi connectivity index (χ4n) is 2.54. The Morgan fingerprint density at radius 1 is 1.44 bits per heavy atom. The largest absolute Gasteiger partial charge is 0.371 e. The van der Waals surface area contributed by atoms with Gasteiger partial charge < -0.3 is 9.64 Å². The second kappa shape index (κ2) is 4.54. The van der Waals surface area contributed by atoms with E-state index in [2.05, 4.69) is 27.9 Å². The number of aromatic nitrogens is 2. The maximum Gasteiger partial charge on any atom is 0.150 e. The lowest BCUT2D eigenvalue weighted by molar-refractivity contribution is -0.0273. The van der Waals surface area contributed by atoms with E-state index >= 15 is 0 Å². The second-order valence-corrected chi connectivity index (χ2v) is 5.10. The van der Waals surface area contributed by atoms with E-state index in [9.17, 15) is 0 Å². The Kier molecular flexibility index (Phi) is 2.88. The van der Waals surface area contributed by atoms with E-state index in [4.69, 9.17) is 10.00 Å². The summed E-state index contributed by atoms with van der Waals surface area (Å²) >= 11 is 0. The monoisotopic (exact) mass is 244 g/mol. The lowest BCUT2D eigenvalue weighted by atomic mass is 10.1. The van der Waals surface area contributed by atoms with Gasteiger partial charge in [-0.3, -0.25) is 0 Å². The zero-order chi connectivity index (χ0) is 12.5. The van der Waals surface area contributed by atoms with Gasteiger partial charge in [-0.25, -0.2) is 9.97 Å². The van der Waals surface area contributed by atoms with Gasteiger partial charge in [0, 0.05) is 13.1 Å². The number of hydrogen-bond donors (Lipinski definition) is 0. The molecule has 5 heteroatoms. The number of nitrogens with zero attached hydrogens (tertiary/aromatic N) is 4. The molecule has 0 bridgehead atoms. The van der Waals surface area contributed by atoms with Crippen LogP contribution in [0.25, 0.3) is 0 Å². The first-order valence-electron chi connectivity index (χ1n) is 6.38. The first-order valence-corrected chi connectivity index (χ1v) is 6.38. The van der Waals surface area contributed by atoms with Crippen LogP contribution in [0.5, 0.6) is 0 Å². The first kappa shape index (κ1) is 11.4. The Bertz CT molecular complexity index is 480. The molecule has 0 N–H and O–H groups in total. The molecule has 2 heterocycles. The highest BCUT2D eigenvalue weighted by atomic mass is 16.5. The molecule has 5 nitrogen and oxygen atoms in total. The molecule has 1 aromatic heterocycles. The molecule has 0 spiro atoms. The lowest BCUT2D eigenvalue weighted by Gasteiger charge is -2.37. The zero-order valence-electron chi connectivity index (χ0n) is 10.4. The van der Waals surface area contributed by atoms with E-state index in [1.807, 2.05) is 0 Å². The zero-order valence-corrected chi connectivity index (χ0v) is 10.4. The van der Waals surface area contributed by atoms with E-state index in [1.165, 1.54) is 19.2 Å². The summed E-state index contributed by atoms with van der Waals surface area (Å²) < 4.78 is 5.97. The highest BCUT2D eigenvalue weighted by Crippen LogP contribution is 2.37. The minimum atomic E-state index is 0.186. The van der Waals surface area contributed by atoms with Crippen molar-refractivity contribution >= 4 is 5.82 Å². The molecule has 1 saturated carbocycles. The van der Waals surface area contributed by atoms with E-state index < -0.39 is 0 Å². The molecule has 94 valence electrons. The normalized spacial score (nSPS) is 27.9. The quantitative estimate of drug-likeness (QED) is 0.786. The van der Waals surface area contributed by atoms with E-state index in [0.29, 0.717) is 11.5 Å². The minimum Gasteiger partial charge on any atom is -0.371 e. The summed E-state index contributed by atoms with van der Waals surface area (Å²) in [5.74, 6) is 1.44. The van der Waals surface area contributed by atoms with Crippen molar-refractivity contribution in [3.05, 3.63) is 18.1 Å². The van der Waals surface area contributed by atoms with Gasteiger partial charge in [0.25, 0.3) is 0 Å². The van der Waals surface area contributed by atoms with Gasteiger partial charge in [0.05, 0.1) is 18.4 Å². The number of morpholine rings is 1. The predicted molar refractivity (Wildman–Crippen MR) is 66.0 cm³/mol.